The lowest BCUT2D eigenvalue weighted by atomic mass is 9.98. The molecule has 30 heavy (non-hydrogen) atoms. The zero-order valence-corrected chi connectivity index (χ0v) is 16.5. The number of carbonyl (C=O) groups is 1. The van der Waals surface area contributed by atoms with E-state index < -0.39 is 0 Å². The minimum Gasteiger partial charge on any atom is -0.461 e. The summed E-state index contributed by atoms with van der Waals surface area (Å²) < 4.78 is 10.5. The van der Waals surface area contributed by atoms with E-state index in [9.17, 15) is 4.79 Å². The summed E-state index contributed by atoms with van der Waals surface area (Å²) in [6.45, 7) is 0. The number of rotatable bonds is 9. The summed E-state index contributed by atoms with van der Waals surface area (Å²) in [6.07, 6.45) is 3.91. The molecule has 4 aromatic rings. The largest absolute Gasteiger partial charge is 0.461 e. The summed E-state index contributed by atoms with van der Waals surface area (Å²) in [6, 6.07) is 23.8. The van der Waals surface area contributed by atoms with E-state index in [0.29, 0.717) is 23.9 Å². The third-order valence-corrected chi connectivity index (χ3v) is 4.88. The predicted molar refractivity (Wildman–Crippen MR) is 112 cm³/mol. The lowest BCUT2D eigenvalue weighted by Crippen LogP contribution is -2.29. The first-order valence-electron chi connectivity index (χ1n) is 10.0. The van der Waals surface area contributed by atoms with Crippen molar-refractivity contribution in [1.82, 2.24) is 15.5 Å². The van der Waals surface area contributed by atoms with Crippen molar-refractivity contribution < 1.29 is 13.7 Å². The van der Waals surface area contributed by atoms with Crippen molar-refractivity contribution in [2.24, 2.45) is 0 Å². The van der Waals surface area contributed by atoms with Gasteiger partial charge in [-0.25, -0.2) is 0 Å². The van der Waals surface area contributed by atoms with Crippen LogP contribution in [-0.2, 0) is 17.6 Å². The van der Waals surface area contributed by atoms with E-state index in [2.05, 4.69) is 27.6 Å². The van der Waals surface area contributed by atoms with Gasteiger partial charge in [0.15, 0.2) is 5.76 Å². The Hall–Kier alpha value is -3.67. The summed E-state index contributed by atoms with van der Waals surface area (Å²) in [5.74, 6) is 1.30. The molecular formula is C24H23N3O3. The summed E-state index contributed by atoms with van der Waals surface area (Å²) in [5, 5.41) is 7.06. The van der Waals surface area contributed by atoms with Gasteiger partial charge in [-0.1, -0.05) is 65.8 Å². The minimum atomic E-state index is -0.0553. The average molecular weight is 401 g/mol. The van der Waals surface area contributed by atoms with E-state index in [1.807, 2.05) is 48.5 Å². The Kier molecular flexibility index (Phi) is 6.35. The summed E-state index contributed by atoms with van der Waals surface area (Å²) >= 11 is 0. The number of hydrogen-bond acceptors (Lipinski definition) is 5. The molecule has 0 bridgehead atoms. The molecule has 0 aliphatic carbocycles. The SMILES string of the molecule is O=C(CCc1nc(-c2ccco2)no1)NC(CCc1ccccc1)c1ccccc1. The van der Waals surface area contributed by atoms with Gasteiger partial charge in [-0.05, 0) is 36.1 Å². The predicted octanol–water partition coefficient (Wildman–Crippen LogP) is 4.75. The molecule has 1 unspecified atom stereocenters. The lowest BCUT2D eigenvalue weighted by molar-refractivity contribution is -0.122. The summed E-state index contributed by atoms with van der Waals surface area (Å²) in [5.41, 5.74) is 2.35. The molecule has 152 valence electrons. The van der Waals surface area contributed by atoms with Crippen LogP contribution in [0.4, 0.5) is 0 Å². The molecule has 0 spiro atoms. The fourth-order valence-corrected chi connectivity index (χ4v) is 3.31. The van der Waals surface area contributed by atoms with E-state index in [-0.39, 0.29) is 18.4 Å². The maximum Gasteiger partial charge on any atom is 0.238 e. The standard InChI is InChI=1S/C24H23N3O3/c28-22(15-16-23-26-24(27-30-23)21-12-7-17-29-21)25-20(19-10-5-2-6-11-19)14-13-18-8-3-1-4-9-18/h1-12,17,20H,13-16H2,(H,25,28). The van der Waals surface area contributed by atoms with Gasteiger partial charge < -0.3 is 14.3 Å². The lowest BCUT2D eigenvalue weighted by Gasteiger charge is -2.19. The third kappa shape index (κ3) is 5.23. The van der Waals surface area contributed by atoms with Crippen molar-refractivity contribution in [3.63, 3.8) is 0 Å². The van der Waals surface area contributed by atoms with Gasteiger partial charge in [0.1, 0.15) is 0 Å². The topological polar surface area (TPSA) is 81.2 Å². The van der Waals surface area contributed by atoms with Gasteiger partial charge in [-0.3, -0.25) is 4.79 Å². The molecule has 2 heterocycles. The number of carbonyl (C=O) groups excluding carboxylic acids is 1. The second-order valence-corrected chi connectivity index (χ2v) is 7.04. The van der Waals surface area contributed by atoms with Crippen molar-refractivity contribution in [2.75, 3.05) is 0 Å². The van der Waals surface area contributed by atoms with Crippen LogP contribution >= 0.6 is 0 Å². The van der Waals surface area contributed by atoms with Crippen molar-refractivity contribution in [3.8, 4) is 11.6 Å². The first-order chi connectivity index (χ1) is 14.8. The molecular weight excluding hydrogens is 378 g/mol. The fourth-order valence-electron chi connectivity index (χ4n) is 3.31. The smallest absolute Gasteiger partial charge is 0.238 e. The fraction of sp³-hybridized carbons (Fsp3) is 0.208. The van der Waals surface area contributed by atoms with Gasteiger partial charge in [0.05, 0.1) is 12.3 Å². The molecule has 4 rings (SSSR count). The monoisotopic (exact) mass is 401 g/mol. The minimum absolute atomic E-state index is 0.0466. The van der Waals surface area contributed by atoms with Crippen molar-refractivity contribution >= 4 is 5.91 Å². The van der Waals surface area contributed by atoms with Crippen molar-refractivity contribution in [2.45, 2.75) is 31.7 Å². The van der Waals surface area contributed by atoms with E-state index in [4.69, 9.17) is 8.94 Å². The second-order valence-electron chi connectivity index (χ2n) is 7.04. The van der Waals surface area contributed by atoms with Crippen LogP contribution in [0.5, 0.6) is 0 Å². The van der Waals surface area contributed by atoms with Crippen LogP contribution in [0.25, 0.3) is 11.6 Å². The van der Waals surface area contributed by atoms with Gasteiger partial charge in [-0.15, -0.1) is 0 Å². The van der Waals surface area contributed by atoms with Gasteiger partial charge in [0.2, 0.25) is 17.6 Å². The van der Waals surface area contributed by atoms with Crippen LogP contribution in [0.1, 0.15) is 35.9 Å². The number of aryl methyl sites for hydroxylation is 2. The Labute approximate surface area is 174 Å². The molecule has 6 nitrogen and oxygen atoms in total. The van der Waals surface area contributed by atoms with E-state index >= 15 is 0 Å². The van der Waals surface area contributed by atoms with Gasteiger partial charge in [0, 0.05) is 12.8 Å². The number of hydrogen-bond donors (Lipinski definition) is 1. The zero-order chi connectivity index (χ0) is 20.6. The Morgan fingerprint density at radius 1 is 0.933 bits per heavy atom. The highest BCUT2D eigenvalue weighted by Crippen LogP contribution is 2.20. The average Bonchev–Trinajstić information content (AvgIpc) is 3.48. The number of aromatic nitrogens is 2. The van der Waals surface area contributed by atoms with Gasteiger partial charge >= 0.3 is 0 Å². The highest BCUT2D eigenvalue weighted by Gasteiger charge is 2.16. The maximum atomic E-state index is 12.6. The highest BCUT2D eigenvalue weighted by atomic mass is 16.5. The first-order valence-corrected chi connectivity index (χ1v) is 10.0. The molecule has 2 aromatic heterocycles. The molecule has 0 aliphatic rings. The Morgan fingerprint density at radius 2 is 1.70 bits per heavy atom. The second kappa shape index (κ2) is 9.69. The molecule has 1 atom stereocenters. The van der Waals surface area contributed by atoms with Crippen LogP contribution in [-0.4, -0.2) is 16.0 Å². The molecule has 0 radical (unpaired) electrons. The van der Waals surface area contributed by atoms with Crippen molar-refractivity contribution in [3.05, 3.63) is 96.1 Å². The summed E-state index contributed by atoms with van der Waals surface area (Å²) in [7, 11) is 0. The molecule has 0 saturated heterocycles. The highest BCUT2D eigenvalue weighted by molar-refractivity contribution is 5.76. The maximum absolute atomic E-state index is 12.6. The normalized spacial score (nSPS) is 11.9. The summed E-state index contributed by atoms with van der Waals surface area (Å²) in [4.78, 5) is 16.9. The zero-order valence-electron chi connectivity index (χ0n) is 16.5. The number of amides is 1. The van der Waals surface area contributed by atoms with E-state index in [1.54, 1.807) is 18.4 Å². The first kappa shape index (κ1) is 19.6. The Morgan fingerprint density at radius 3 is 2.43 bits per heavy atom. The molecule has 2 aromatic carbocycles. The number of nitrogens with zero attached hydrogens (tertiary/aromatic N) is 2. The molecule has 0 fully saturated rings. The quantitative estimate of drug-likeness (QED) is 0.438. The van der Waals surface area contributed by atoms with Gasteiger partial charge in [0.25, 0.3) is 0 Å². The van der Waals surface area contributed by atoms with Crippen LogP contribution < -0.4 is 5.32 Å². The van der Waals surface area contributed by atoms with Crippen LogP contribution in [0.15, 0.2) is 88.0 Å². The van der Waals surface area contributed by atoms with Gasteiger partial charge in [-0.2, -0.15) is 4.98 Å². The Bertz CT molecular complexity index is 1040. The molecule has 0 aliphatic heterocycles. The van der Waals surface area contributed by atoms with Crippen molar-refractivity contribution in [1.29, 1.82) is 0 Å². The number of benzene rings is 2. The number of nitrogens with one attached hydrogen (secondary N) is 1. The Balaban J connectivity index is 1.35. The van der Waals surface area contributed by atoms with Crippen LogP contribution in [0.3, 0.4) is 0 Å². The van der Waals surface area contributed by atoms with Crippen LogP contribution in [0, 0.1) is 0 Å². The molecule has 1 N–H and O–H groups in total. The van der Waals surface area contributed by atoms with E-state index in [0.717, 1.165) is 18.4 Å². The third-order valence-electron chi connectivity index (χ3n) is 4.88. The molecule has 1 amide bonds. The van der Waals surface area contributed by atoms with E-state index in [1.165, 1.54) is 5.56 Å². The number of furan rings is 1. The molecule has 0 saturated carbocycles. The van der Waals surface area contributed by atoms with Crippen LogP contribution in [0.2, 0.25) is 0 Å². The molecule has 6 heteroatoms.